The number of hydrogen-bond acceptors (Lipinski definition) is 5. The Labute approximate surface area is 175 Å². The maximum Gasteiger partial charge on any atom is 0.262 e. The number of carbonyl (C=O) groups is 2. The molecule has 0 unspecified atom stereocenters. The number of ether oxygens (including phenoxy) is 2. The van der Waals surface area contributed by atoms with Gasteiger partial charge in [-0.05, 0) is 49.4 Å². The lowest BCUT2D eigenvalue weighted by Crippen LogP contribution is -2.20. The summed E-state index contributed by atoms with van der Waals surface area (Å²) in [5.74, 6) is 1.11. The molecule has 0 aromatic heterocycles. The normalized spacial score (nSPS) is 10.2. The summed E-state index contributed by atoms with van der Waals surface area (Å²) < 4.78 is 11.0. The van der Waals surface area contributed by atoms with Crippen molar-refractivity contribution in [3.8, 4) is 11.5 Å². The molecule has 3 rings (SSSR count). The highest BCUT2D eigenvalue weighted by Crippen LogP contribution is 2.22. The van der Waals surface area contributed by atoms with Gasteiger partial charge >= 0.3 is 0 Å². The number of methoxy groups -OCH3 is 1. The average Bonchev–Trinajstić information content (AvgIpc) is 2.77. The monoisotopic (exact) mass is 404 g/mol. The molecule has 6 heteroatoms. The third kappa shape index (κ3) is 5.85. The number of anilines is 2. The quantitative estimate of drug-likeness (QED) is 0.513. The standard InChI is InChI=1S/C24H24N2O4/c1-17(27)18-10-12-20(13-11-18)26-24(28)16-30-23-9-4-3-6-19(23)15-25-21-7-5-8-22(14-21)29-2/h3-14,25H,15-16H2,1-2H3,(H,26,28). The lowest BCUT2D eigenvalue weighted by atomic mass is 10.1. The van der Waals surface area contributed by atoms with Gasteiger partial charge in [-0.3, -0.25) is 9.59 Å². The van der Waals surface area contributed by atoms with Crippen molar-refractivity contribution in [3.05, 3.63) is 83.9 Å². The smallest absolute Gasteiger partial charge is 0.262 e. The molecule has 1 amide bonds. The van der Waals surface area contributed by atoms with Gasteiger partial charge in [0, 0.05) is 35.1 Å². The van der Waals surface area contributed by atoms with E-state index in [1.54, 1.807) is 31.4 Å². The molecule has 0 fully saturated rings. The first-order valence-corrected chi connectivity index (χ1v) is 9.54. The van der Waals surface area contributed by atoms with Crippen molar-refractivity contribution in [2.45, 2.75) is 13.5 Å². The highest BCUT2D eigenvalue weighted by atomic mass is 16.5. The number of ketones is 1. The summed E-state index contributed by atoms with van der Waals surface area (Å²) in [5.41, 5.74) is 3.07. The van der Waals surface area contributed by atoms with E-state index in [0.29, 0.717) is 23.5 Å². The minimum atomic E-state index is -0.277. The van der Waals surface area contributed by atoms with E-state index in [-0.39, 0.29) is 18.3 Å². The molecule has 0 aliphatic carbocycles. The van der Waals surface area contributed by atoms with E-state index < -0.39 is 0 Å². The van der Waals surface area contributed by atoms with Gasteiger partial charge in [0.15, 0.2) is 12.4 Å². The summed E-state index contributed by atoms with van der Waals surface area (Å²) in [7, 11) is 1.63. The molecule has 3 aromatic rings. The predicted octanol–water partition coefficient (Wildman–Crippen LogP) is 4.53. The number of carbonyl (C=O) groups excluding carboxylic acids is 2. The van der Waals surface area contributed by atoms with Crippen LogP contribution in [0.1, 0.15) is 22.8 Å². The second-order valence-corrected chi connectivity index (χ2v) is 6.66. The largest absolute Gasteiger partial charge is 0.497 e. The summed E-state index contributed by atoms with van der Waals surface area (Å²) in [6, 6.07) is 22.0. The number of para-hydroxylation sites is 1. The molecule has 0 aliphatic rings. The van der Waals surface area contributed by atoms with Crippen molar-refractivity contribution in [1.29, 1.82) is 0 Å². The molecule has 3 aromatic carbocycles. The summed E-state index contributed by atoms with van der Waals surface area (Å²) in [5, 5.41) is 6.09. The first-order valence-electron chi connectivity index (χ1n) is 9.54. The maximum absolute atomic E-state index is 12.2. The SMILES string of the molecule is COc1cccc(NCc2ccccc2OCC(=O)Nc2ccc(C(C)=O)cc2)c1. The fourth-order valence-corrected chi connectivity index (χ4v) is 2.85. The Morgan fingerprint density at radius 3 is 2.40 bits per heavy atom. The van der Waals surface area contributed by atoms with Crippen LogP contribution in [0.5, 0.6) is 11.5 Å². The molecule has 6 nitrogen and oxygen atoms in total. The molecule has 2 N–H and O–H groups in total. The Kier molecular flexibility index (Phi) is 7.05. The zero-order valence-corrected chi connectivity index (χ0v) is 17.0. The summed E-state index contributed by atoms with van der Waals surface area (Å²) in [4.78, 5) is 23.6. The van der Waals surface area contributed by atoms with Gasteiger partial charge in [0.25, 0.3) is 5.91 Å². The minimum absolute atomic E-state index is 0.0182. The van der Waals surface area contributed by atoms with Crippen LogP contribution >= 0.6 is 0 Å². The Hall–Kier alpha value is -3.80. The van der Waals surface area contributed by atoms with Crippen LogP contribution in [-0.2, 0) is 11.3 Å². The number of Topliss-reactive ketones (excluding diaryl/α,β-unsaturated/α-hetero) is 1. The number of rotatable bonds is 9. The van der Waals surface area contributed by atoms with E-state index in [0.717, 1.165) is 17.0 Å². The Morgan fingerprint density at radius 1 is 0.900 bits per heavy atom. The second kappa shape index (κ2) is 10.1. The first kappa shape index (κ1) is 20.9. The van der Waals surface area contributed by atoms with Gasteiger partial charge in [0.2, 0.25) is 0 Å². The zero-order valence-electron chi connectivity index (χ0n) is 17.0. The molecular formula is C24H24N2O4. The summed E-state index contributed by atoms with van der Waals surface area (Å²) in [6.45, 7) is 1.92. The van der Waals surface area contributed by atoms with Gasteiger partial charge in [-0.2, -0.15) is 0 Å². The third-order valence-corrected chi connectivity index (χ3v) is 4.46. The zero-order chi connectivity index (χ0) is 21.3. The number of hydrogen-bond donors (Lipinski definition) is 2. The molecule has 0 heterocycles. The predicted molar refractivity (Wildman–Crippen MR) is 117 cm³/mol. The Morgan fingerprint density at radius 2 is 1.67 bits per heavy atom. The molecule has 0 atom stereocenters. The molecular weight excluding hydrogens is 380 g/mol. The molecule has 30 heavy (non-hydrogen) atoms. The van der Waals surface area contributed by atoms with Crippen LogP contribution in [-0.4, -0.2) is 25.4 Å². The fourth-order valence-electron chi connectivity index (χ4n) is 2.85. The van der Waals surface area contributed by atoms with Crippen molar-refractivity contribution in [1.82, 2.24) is 0 Å². The third-order valence-electron chi connectivity index (χ3n) is 4.46. The molecule has 0 saturated heterocycles. The molecule has 0 radical (unpaired) electrons. The van der Waals surface area contributed by atoms with E-state index >= 15 is 0 Å². The van der Waals surface area contributed by atoms with Gasteiger partial charge in [0.05, 0.1) is 7.11 Å². The van der Waals surface area contributed by atoms with Crippen LogP contribution in [0.2, 0.25) is 0 Å². The molecule has 0 saturated carbocycles. The van der Waals surface area contributed by atoms with Gasteiger partial charge in [0.1, 0.15) is 11.5 Å². The van der Waals surface area contributed by atoms with Gasteiger partial charge in [-0.25, -0.2) is 0 Å². The van der Waals surface area contributed by atoms with E-state index in [1.807, 2.05) is 48.5 Å². The highest BCUT2D eigenvalue weighted by Gasteiger charge is 2.08. The van der Waals surface area contributed by atoms with Crippen LogP contribution < -0.4 is 20.1 Å². The minimum Gasteiger partial charge on any atom is -0.497 e. The van der Waals surface area contributed by atoms with E-state index in [1.165, 1.54) is 6.92 Å². The number of amides is 1. The van der Waals surface area contributed by atoms with E-state index in [2.05, 4.69) is 10.6 Å². The fraction of sp³-hybridized carbons (Fsp3) is 0.167. The van der Waals surface area contributed by atoms with Crippen LogP contribution in [0, 0.1) is 0 Å². The van der Waals surface area contributed by atoms with Gasteiger partial charge in [-0.1, -0.05) is 24.3 Å². The molecule has 154 valence electrons. The van der Waals surface area contributed by atoms with Crippen LogP contribution in [0.15, 0.2) is 72.8 Å². The van der Waals surface area contributed by atoms with Crippen molar-refractivity contribution < 1.29 is 19.1 Å². The van der Waals surface area contributed by atoms with E-state index in [9.17, 15) is 9.59 Å². The van der Waals surface area contributed by atoms with E-state index in [4.69, 9.17) is 9.47 Å². The summed E-state index contributed by atoms with van der Waals surface area (Å²) >= 11 is 0. The Balaban J connectivity index is 1.56. The van der Waals surface area contributed by atoms with Crippen molar-refractivity contribution in [2.75, 3.05) is 24.4 Å². The van der Waals surface area contributed by atoms with Crippen molar-refractivity contribution >= 4 is 23.1 Å². The Bertz CT molecular complexity index is 1020. The van der Waals surface area contributed by atoms with Crippen LogP contribution in [0.4, 0.5) is 11.4 Å². The second-order valence-electron chi connectivity index (χ2n) is 6.66. The highest BCUT2D eigenvalue weighted by molar-refractivity contribution is 5.95. The average molecular weight is 404 g/mol. The molecule has 0 aliphatic heterocycles. The topological polar surface area (TPSA) is 76.7 Å². The van der Waals surface area contributed by atoms with Crippen LogP contribution in [0.3, 0.4) is 0 Å². The number of benzene rings is 3. The van der Waals surface area contributed by atoms with Crippen LogP contribution in [0.25, 0.3) is 0 Å². The van der Waals surface area contributed by atoms with Gasteiger partial charge in [-0.15, -0.1) is 0 Å². The summed E-state index contributed by atoms with van der Waals surface area (Å²) in [6.07, 6.45) is 0. The number of nitrogens with one attached hydrogen (secondary N) is 2. The lowest BCUT2D eigenvalue weighted by molar-refractivity contribution is -0.118. The first-order chi connectivity index (χ1) is 14.5. The molecule has 0 spiro atoms. The molecule has 0 bridgehead atoms. The maximum atomic E-state index is 12.2. The lowest BCUT2D eigenvalue weighted by Gasteiger charge is -2.13. The van der Waals surface area contributed by atoms with Crippen molar-refractivity contribution in [3.63, 3.8) is 0 Å². The van der Waals surface area contributed by atoms with Gasteiger partial charge < -0.3 is 20.1 Å². The van der Waals surface area contributed by atoms with Crippen molar-refractivity contribution in [2.24, 2.45) is 0 Å².